The summed E-state index contributed by atoms with van der Waals surface area (Å²) in [6.45, 7) is 3.46. The van der Waals surface area contributed by atoms with Crippen LogP contribution in [0.3, 0.4) is 0 Å². The van der Waals surface area contributed by atoms with E-state index in [1.54, 1.807) is 0 Å². The Bertz CT molecular complexity index is 531. The van der Waals surface area contributed by atoms with Crippen LogP contribution in [-0.2, 0) is 9.53 Å². The maximum absolute atomic E-state index is 11.0. The fraction of sp³-hybridized carbons (Fsp3) is 0.267. The van der Waals surface area contributed by atoms with Gasteiger partial charge in [0.05, 0.1) is 0 Å². The predicted octanol–water partition coefficient (Wildman–Crippen LogP) is 3.85. The molecule has 0 aromatic heterocycles. The van der Waals surface area contributed by atoms with E-state index in [4.69, 9.17) is 4.74 Å². The molecule has 0 aliphatic carbocycles. The van der Waals surface area contributed by atoms with Crippen LogP contribution < -0.4 is 0 Å². The Morgan fingerprint density at radius 1 is 1.18 bits per heavy atom. The number of esters is 1. The normalized spacial score (nSPS) is 12.4. The van der Waals surface area contributed by atoms with Crippen LogP contribution in [0.15, 0.2) is 42.5 Å². The van der Waals surface area contributed by atoms with Crippen molar-refractivity contribution in [2.45, 2.75) is 26.4 Å². The van der Waals surface area contributed by atoms with Crippen molar-refractivity contribution in [1.29, 1.82) is 0 Å². The van der Waals surface area contributed by atoms with Crippen molar-refractivity contribution >= 4 is 16.7 Å². The summed E-state index contributed by atoms with van der Waals surface area (Å²) in [5, 5.41) is 2.38. The smallest absolute Gasteiger partial charge is 0.303 e. The summed E-state index contributed by atoms with van der Waals surface area (Å²) < 4.78 is 5.30. The molecular weight excluding hydrogens is 212 g/mol. The first-order chi connectivity index (χ1) is 8.20. The molecule has 0 aliphatic rings. The van der Waals surface area contributed by atoms with Crippen LogP contribution in [0.1, 0.15) is 31.9 Å². The highest BCUT2D eigenvalue weighted by atomic mass is 16.5. The minimum atomic E-state index is -0.231. The molecule has 2 heteroatoms. The minimum Gasteiger partial charge on any atom is -0.458 e. The van der Waals surface area contributed by atoms with Gasteiger partial charge in [0.15, 0.2) is 0 Å². The molecule has 0 bridgehead atoms. The van der Waals surface area contributed by atoms with Gasteiger partial charge in [-0.25, -0.2) is 0 Å². The number of hydrogen-bond acceptors (Lipinski definition) is 2. The van der Waals surface area contributed by atoms with Gasteiger partial charge in [-0.15, -0.1) is 0 Å². The first kappa shape index (κ1) is 11.6. The van der Waals surface area contributed by atoms with E-state index in [0.29, 0.717) is 0 Å². The molecule has 0 aliphatic heterocycles. The van der Waals surface area contributed by atoms with Crippen LogP contribution in [-0.4, -0.2) is 5.97 Å². The SMILES string of the molecule is CC[C@@H](OC(C)=O)c1ccc2ccccc2c1. The molecule has 2 rings (SSSR count). The van der Waals surface area contributed by atoms with Gasteiger partial charge in [0.25, 0.3) is 0 Å². The zero-order valence-corrected chi connectivity index (χ0v) is 10.1. The van der Waals surface area contributed by atoms with Gasteiger partial charge >= 0.3 is 5.97 Å². The summed E-state index contributed by atoms with van der Waals surface area (Å²) in [5.74, 6) is -0.231. The van der Waals surface area contributed by atoms with E-state index < -0.39 is 0 Å². The fourth-order valence-electron chi connectivity index (χ4n) is 2.00. The van der Waals surface area contributed by atoms with Crippen LogP contribution in [0.2, 0.25) is 0 Å². The van der Waals surface area contributed by atoms with E-state index >= 15 is 0 Å². The third-order valence-electron chi connectivity index (χ3n) is 2.82. The van der Waals surface area contributed by atoms with Crippen LogP contribution in [0.25, 0.3) is 10.8 Å². The summed E-state index contributed by atoms with van der Waals surface area (Å²) in [6.07, 6.45) is 0.648. The van der Waals surface area contributed by atoms with Crippen molar-refractivity contribution in [2.24, 2.45) is 0 Å². The lowest BCUT2D eigenvalue weighted by Crippen LogP contribution is -2.07. The molecule has 0 radical (unpaired) electrons. The zero-order chi connectivity index (χ0) is 12.3. The zero-order valence-electron chi connectivity index (χ0n) is 10.1. The van der Waals surface area contributed by atoms with Crippen LogP contribution >= 0.6 is 0 Å². The van der Waals surface area contributed by atoms with Crippen molar-refractivity contribution in [1.82, 2.24) is 0 Å². The van der Waals surface area contributed by atoms with Gasteiger partial charge < -0.3 is 4.74 Å². The van der Waals surface area contributed by atoms with E-state index in [1.807, 2.05) is 25.1 Å². The van der Waals surface area contributed by atoms with Crippen molar-refractivity contribution in [3.05, 3.63) is 48.0 Å². The average Bonchev–Trinajstić information content (AvgIpc) is 2.35. The lowest BCUT2D eigenvalue weighted by molar-refractivity contribution is -0.146. The maximum atomic E-state index is 11.0. The molecule has 0 amide bonds. The first-order valence-corrected chi connectivity index (χ1v) is 5.86. The first-order valence-electron chi connectivity index (χ1n) is 5.86. The van der Waals surface area contributed by atoms with Crippen LogP contribution in [0, 0.1) is 0 Å². The lowest BCUT2D eigenvalue weighted by atomic mass is 10.0. The Hall–Kier alpha value is -1.83. The molecule has 2 aromatic carbocycles. The quantitative estimate of drug-likeness (QED) is 0.746. The Balaban J connectivity index is 2.37. The number of rotatable bonds is 3. The van der Waals surface area contributed by atoms with Gasteiger partial charge in [-0.2, -0.15) is 0 Å². The van der Waals surface area contributed by atoms with Gasteiger partial charge in [0.1, 0.15) is 6.10 Å². The van der Waals surface area contributed by atoms with Gasteiger partial charge in [0, 0.05) is 6.92 Å². The van der Waals surface area contributed by atoms with Crippen molar-refractivity contribution in [3.63, 3.8) is 0 Å². The molecule has 88 valence electrons. The minimum absolute atomic E-state index is 0.142. The van der Waals surface area contributed by atoms with E-state index in [0.717, 1.165) is 12.0 Å². The third-order valence-corrected chi connectivity index (χ3v) is 2.82. The van der Waals surface area contributed by atoms with Gasteiger partial charge in [-0.1, -0.05) is 43.3 Å². The van der Waals surface area contributed by atoms with E-state index in [1.165, 1.54) is 17.7 Å². The van der Waals surface area contributed by atoms with Gasteiger partial charge in [-0.3, -0.25) is 4.79 Å². The predicted molar refractivity (Wildman–Crippen MR) is 68.7 cm³/mol. The summed E-state index contributed by atoms with van der Waals surface area (Å²) >= 11 is 0. The Morgan fingerprint density at radius 2 is 1.88 bits per heavy atom. The monoisotopic (exact) mass is 228 g/mol. The topological polar surface area (TPSA) is 26.3 Å². The number of carbonyl (C=O) groups excluding carboxylic acids is 1. The molecular formula is C15H16O2. The molecule has 2 aromatic rings. The second kappa shape index (κ2) is 5.00. The summed E-state index contributed by atoms with van der Waals surface area (Å²) in [6, 6.07) is 14.4. The highest BCUT2D eigenvalue weighted by Crippen LogP contribution is 2.25. The second-order valence-electron chi connectivity index (χ2n) is 4.11. The average molecular weight is 228 g/mol. The molecule has 0 heterocycles. The largest absolute Gasteiger partial charge is 0.458 e. The highest BCUT2D eigenvalue weighted by molar-refractivity contribution is 5.83. The van der Waals surface area contributed by atoms with Crippen molar-refractivity contribution in [3.8, 4) is 0 Å². The summed E-state index contributed by atoms with van der Waals surface area (Å²) in [4.78, 5) is 11.0. The standard InChI is InChI=1S/C15H16O2/c1-3-15(17-11(2)16)14-9-8-12-6-4-5-7-13(12)10-14/h4-10,15H,3H2,1-2H3/t15-/m1/s1. The highest BCUT2D eigenvalue weighted by Gasteiger charge is 2.12. The molecule has 2 nitrogen and oxygen atoms in total. The Kier molecular flexibility index (Phi) is 3.43. The fourth-order valence-corrected chi connectivity index (χ4v) is 2.00. The molecule has 0 fully saturated rings. The maximum Gasteiger partial charge on any atom is 0.303 e. The van der Waals surface area contributed by atoms with Crippen LogP contribution in [0.4, 0.5) is 0 Å². The van der Waals surface area contributed by atoms with E-state index in [-0.39, 0.29) is 12.1 Å². The summed E-state index contributed by atoms with van der Waals surface area (Å²) in [7, 11) is 0. The molecule has 0 N–H and O–H groups in total. The van der Waals surface area contributed by atoms with E-state index in [2.05, 4.69) is 24.3 Å². The molecule has 0 spiro atoms. The number of hydrogen-bond donors (Lipinski definition) is 0. The number of ether oxygens (including phenoxy) is 1. The number of benzene rings is 2. The van der Waals surface area contributed by atoms with Gasteiger partial charge in [0.2, 0.25) is 0 Å². The Labute approximate surface area is 101 Å². The van der Waals surface area contributed by atoms with Crippen molar-refractivity contribution in [2.75, 3.05) is 0 Å². The second-order valence-corrected chi connectivity index (χ2v) is 4.11. The summed E-state index contributed by atoms with van der Waals surface area (Å²) in [5.41, 5.74) is 1.06. The molecule has 1 atom stereocenters. The molecule has 17 heavy (non-hydrogen) atoms. The lowest BCUT2D eigenvalue weighted by Gasteiger charge is -2.15. The number of fused-ring (bicyclic) bond motifs is 1. The third kappa shape index (κ3) is 2.64. The molecule has 0 saturated carbocycles. The van der Waals surface area contributed by atoms with Crippen LogP contribution in [0.5, 0.6) is 0 Å². The van der Waals surface area contributed by atoms with E-state index in [9.17, 15) is 4.79 Å². The number of carbonyl (C=O) groups is 1. The molecule has 0 saturated heterocycles. The Morgan fingerprint density at radius 3 is 2.53 bits per heavy atom. The molecule has 0 unspecified atom stereocenters. The van der Waals surface area contributed by atoms with Gasteiger partial charge in [-0.05, 0) is 28.8 Å². The van der Waals surface area contributed by atoms with Crippen molar-refractivity contribution < 1.29 is 9.53 Å².